The lowest BCUT2D eigenvalue weighted by Gasteiger charge is -2.20. The monoisotopic (exact) mass is 286 g/mol. The van der Waals surface area contributed by atoms with Crippen molar-refractivity contribution in [3.8, 4) is 0 Å². The van der Waals surface area contributed by atoms with E-state index in [-0.39, 0.29) is 0 Å². The Hall–Kier alpha value is -1.81. The highest BCUT2D eigenvalue weighted by atomic mass is 15.2. The Morgan fingerprint density at radius 1 is 1.14 bits per heavy atom. The van der Waals surface area contributed by atoms with Crippen LogP contribution in [-0.2, 0) is 20.1 Å². The number of nitrogens with zero attached hydrogens (tertiary/aromatic N) is 3. The lowest BCUT2D eigenvalue weighted by Crippen LogP contribution is -2.22. The van der Waals surface area contributed by atoms with Crippen LogP contribution in [0.4, 0.5) is 5.69 Å². The van der Waals surface area contributed by atoms with E-state index < -0.39 is 0 Å². The molecule has 0 aliphatic rings. The maximum atomic E-state index is 4.39. The van der Waals surface area contributed by atoms with Crippen molar-refractivity contribution in [3.63, 3.8) is 0 Å². The number of aryl methyl sites for hydroxylation is 2. The van der Waals surface area contributed by atoms with Gasteiger partial charge in [-0.05, 0) is 31.6 Å². The van der Waals surface area contributed by atoms with Crippen LogP contribution in [0.2, 0.25) is 0 Å². The summed E-state index contributed by atoms with van der Waals surface area (Å²) in [5, 5.41) is 7.95. The maximum Gasteiger partial charge on any atom is 0.0643 e. The Kier molecular flexibility index (Phi) is 5.39. The third-order valence-electron chi connectivity index (χ3n) is 3.89. The van der Waals surface area contributed by atoms with E-state index in [4.69, 9.17) is 0 Å². The van der Waals surface area contributed by atoms with E-state index in [2.05, 4.69) is 66.5 Å². The molecule has 2 aromatic rings. The summed E-state index contributed by atoms with van der Waals surface area (Å²) in [5.41, 5.74) is 4.90. The van der Waals surface area contributed by atoms with Crippen molar-refractivity contribution in [2.45, 2.75) is 33.9 Å². The Labute approximate surface area is 127 Å². The van der Waals surface area contributed by atoms with Gasteiger partial charge in [0.05, 0.1) is 5.69 Å². The predicted octanol–water partition coefficient (Wildman–Crippen LogP) is 3.18. The number of rotatable bonds is 7. The van der Waals surface area contributed by atoms with Crippen LogP contribution in [-0.4, -0.2) is 27.8 Å². The molecule has 2 rings (SSSR count). The smallest absolute Gasteiger partial charge is 0.0643 e. The van der Waals surface area contributed by atoms with E-state index in [1.807, 2.05) is 11.7 Å². The first-order valence-corrected chi connectivity index (χ1v) is 7.67. The first-order chi connectivity index (χ1) is 10.1. The minimum absolute atomic E-state index is 0.814. The van der Waals surface area contributed by atoms with Gasteiger partial charge in [0.2, 0.25) is 0 Å². The minimum Gasteiger partial charge on any atom is -0.381 e. The van der Waals surface area contributed by atoms with E-state index in [0.29, 0.717) is 0 Å². The number of benzene rings is 1. The summed E-state index contributed by atoms with van der Waals surface area (Å²) < 4.78 is 1.87. The SMILES string of the molecule is CCN(CC)Cc1ccccc1NCc1cn(C)nc1C. The zero-order valence-corrected chi connectivity index (χ0v) is 13.6. The molecule has 0 aliphatic heterocycles. The number of aromatic nitrogens is 2. The fourth-order valence-corrected chi connectivity index (χ4v) is 2.53. The van der Waals surface area contributed by atoms with Gasteiger partial charge in [0.25, 0.3) is 0 Å². The fraction of sp³-hybridized carbons (Fsp3) is 0.471. The third-order valence-corrected chi connectivity index (χ3v) is 3.89. The third kappa shape index (κ3) is 4.08. The van der Waals surface area contributed by atoms with Crippen molar-refractivity contribution >= 4 is 5.69 Å². The number of para-hydroxylation sites is 1. The van der Waals surface area contributed by atoms with Gasteiger partial charge in [-0.25, -0.2) is 0 Å². The summed E-state index contributed by atoms with van der Waals surface area (Å²) in [7, 11) is 1.96. The second kappa shape index (κ2) is 7.27. The normalized spacial score (nSPS) is 11.1. The molecule has 0 saturated carbocycles. The molecule has 0 amide bonds. The molecule has 1 aromatic carbocycles. The van der Waals surface area contributed by atoms with E-state index in [1.165, 1.54) is 16.8 Å². The van der Waals surface area contributed by atoms with Gasteiger partial charge in [0.1, 0.15) is 0 Å². The summed E-state index contributed by atoms with van der Waals surface area (Å²) in [5.74, 6) is 0. The summed E-state index contributed by atoms with van der Waals surface area (Å²) in [4.78, 5) is 2.43. The van der Waals surface area contributed by atoms with E-state index in [0.717, 1.165) is 31.9 Å². The first kappa shape index (κ1) is 15.6. The summed E-state index contributed by atoms with van der Waals surface area (Å²) in [6.07, 6.45) is 2.08. The quantitative estimate of drug-likeness (QED) is 0.848. The van der Waals surface area contributed by atoms with Gasteiger partial charge < -0.3 is 5.32 Å². The number of nitrogens with one attached hydrogen (secondary N) is 1. The van der Waals surface area contributed by atoms with Crippen LogP contribution < -0.4 is 5.32 Å². The number of hydrogen-bond acceptors (Lipinski definition) is 3. The van der Waals surface area contributed by atoms with Gasteiger partial charge >= 0.3 is 0 Å². The average molecular weight is 286 g/mol. The van der Waals surface area contributed by atoms with Gasteiger partial charge in [-0.15, -0.1) is 0 Å². The van der Waals surface area contributed by atoms with Crippen LogP contribution in [0.25, 0.3) is 0 Å². The van der Waals surface area contributed by atoms with Crippen molar-refractivity contribution in [1.29, 1.82) is 0 Å². The van der Waals surface area contributed by atoms with Crippen molar-refractivity contribution in [1.82, 2.24) is 14.7 Å². The Morgan fingerprint density at radius 2 is 1.86 bits per heavy atom. The first-order valence-electron chi connectivity index (χ1n) is 7.67. The highest BCUT2D eigenvalue weighted by Crippen LogP contribution is 2.18. The van der Waals surface area contributed by atoms with Crippen LogP contribution in [0, 0.1) is 6.92 Å². The standard InChI is InChI=1S/C17H26N4/c1-5-21(6-2)13-15-9-7-8-10-17(15)18-11-16-12-20(4)19-14(16)3/h7-10,12,18H,5-6,11,13H2,1-4H3. The lowest BCUT2D eigenvalue weighted by molar-refractivity contribution is 0.296. The van der Waals surface area contributed by atoms with Gasteiger partial charge in [-0.3, -0.25) is 9.58 Å². The molecule has 0 spiro atoms. The molecule has 0 fully saturated rings. The second-order valence-electron chi connectivity index (χ2n) is 5.39. The molecule has 0 unspecified atom stereocenters. The molecule has 4 heteroatoms. The molecule has 0 atom stereocenters. The predicted molar refractivity (Wildman–Crippen MR) is 88.3 cm³/mol. The molecule has 0 saturated heterocycles. The summed E-state index contributed by atoms with van der Waals surface area (Å²) in [6.45, 7) is 10.4. The van der Waals surface area contributed by atoms with Crippen LogP contribution in [0.15, 0.2) is 30.5 Å². The molecule has 21 heavy (non-hydrogen) atoms. The zero-order valence-electron chi connectivity index (χ0n) is 13.6. The molecule has 1 heterocycles. The molecule has 0 aliphatic carbocycles. The molecule has 114 valence electrons. The lowest BCUT2D eigenvalue weighted by atomic mass is 10.1. The molecule has 4 nitrogen and oxygen atoms in total. The maximum absolute atomic E-state index is 4.39. The van der Waals surface area contributed by atoms with Crippen LogP contribution >= 0.6 is 0 Å². The van der Waals surface area contributed by atoms with Gasteiger partial charge in [-0.2, -0.15) is 5.10 Å². The van der Waals surface area contributed by atoms with Crippen LogP contribution in [0.3, 0.4) is 0 Å². The van der Waals surface area contributed by atoms with E-state index >= 15 is 0 Å². The van der Waals surface area contributed by atoms with Crippen molar-refractivity contribution in [2.75, 3.05) is 18.4 Å². The highest BCUT2D eigenvalue weighted by molar-refractivity contribution is 5.51. The average Bonchev–Trinajstić information content (AvgIpc) is 2.81. The van der Waals surface area contributed by atoms with Crippen molar-refractivity contribution in [3.05, 3.63) is 47.3 Å². The zero-order chi connectivity index (χ0) is 15.2. The van der Waals surface area contributed by atoms with E-state index in [1.54, 1.807) is 0 Å². The fourth-order valence-electron chi connectivity index (χ4n) is 2.53. The molecular weight excluding hydrogens is 260 g/mol. The van der Waals surface area contributed by atoms with Crippen molar-refractivity contribution < 1.29 is 0 Å². The minimum atomic E-state index is 0.814. The van der Waals surface area contributed by atoms with Crippen molar-refractivity contribution in [2.24, 2.45) is 7.05 Å². The van der Waals surface area contributed by atoms with E-state index in [9.17, 15) is 0 Å². The molecule has 1 N–H and O–H groups in total. The Morgan fingerprint density at radius 3 is 2.48 bits per heavy atom. The number of anilines is 1. The molecule has 0 bridgehead atoms. The largest absolute Gasteiger partial charge is 0.381 e. The topological polar surface area (TPSA) is 33.1 Å². The molecule has 0 radical (unpaired) electrons. The summed E-state index contributed by atoms with van der Waals surface area (Å²) >= 11 is 0. The van der Waals surface area contributed by atoms with Crippen LogP contribution in [0.1, 0.15) is 30.7 Å². The molecular formula is C17H26N4. The summed E-state index contributed by atoms with van der Waals surface area (Å²) in [6, 6.07) is 8.56. The number of hydrogen-bond donors (Lipinski definition) is 1. The van der Waals surface area contributed by atoms with Crippen LogP contribution in [0.5, 0.6) is 0 Å². The second-order valence-corrected chi connectivity index (χ2v) is 5.39. The highest BCUT2D eigenvalue weighted by Gasteiger charge is 2.07. The Balaban J connectivity index is 2.07. The van der Waals surface area contributed by atoms with Gasteiger partial charge in [0.15, 0.2) is 0 Å². The van der Waals surface area contributed by atoms with Gasteiger partial charge in [-0.1, -0.05) is 32.0 Å². The molecule has 1 aromatic heterocycles. The van der Waals surface area contributed by atoms with Gasteiger partial charge in [0, 0.05) is 37.6 Å². The Bertz CT molecular complexity index is 570.